The minimum Gasteiger partial charge on any atom is -0.495 e. The summed E-state index contributed by atoms with van der Waals surface area (Å²) in [5.41, 5.74) is 7.61. The van der Waals surface area contributed by atoms with Gasteiger partial charge in [-0.2, -0.15) is 4.98 Å². The molecule has 3 aliphatic rings. The van der Waals surface area contributed by atoms with Gasteiger partial charge in [-0.1, -0.05) is 66.9 Å². The predicted octanol–water partition coefficient (Wildman–Crippen LogP) is 8.86. The standard InChI is InChI=1S/C29H31N5O3.C25H34N4O2/c1-19-17-23(28-30-20(2)37-32-28)9-11-25(19)21-5-7-22(8-6-21)29(35)31-24-10-12-27(36-4)26(18-24)34-15-13-33(3)14-16-34;1-31-23-12-6-5-11-22(23)28-18-15-27(16-19-28)17-20-29(24-13-7-8-14-26-24)25(30)21-9-3-2-4-10-21/h5-12,17-18H,13-16H2,1-4H3,(H,31,35);5-8,11-14,21H,2-4,9-10,15-20H2,1H3. The Balaban J connectivity index is 0.000000187. The van der Waals surface area contributed by atoms with E-state index in [2.05, 4.69) is 59.2 Å². The van der Waals surface area contributed by atoms with Crippen molar-refractivity contribution in [2.24, 2.45) is 5.92 Å². The summed E-state index contributed by atoms with van der Waals surface area (Å²) in [7, 11) is 5.53. The summed E-state index contributed by atoms with van der Waals surface area (Å²) in [5, 5.41) is 7.04. The predicted molar refractivity (Wildman–Crippen MR) is 270 cm³/mol. The summed E-state index contributed by atoms with van der Waals surface area (Å²) in [5.74, 6) is 3.89. The van der Waals surface area contributed by atoms with Gasteiger partial charge in [-0.25, -0.2) is 4.98 Å². The smallest absolute Gasteiger partial charge is 0.255 e. The van der Waals surface area contributed by atoms with E-state index in [9.17, 15) is 9.59 Å². The third-order valence-corrected chi connectivity index (χ3v) is 13.3. The average Bonchev–Trinajstić information content (AvgIpc) is 3.83. The van der Waals surface area contributed by atoms with Crippen molar-refractivity contribution in [2.45, 2.75) is 46.0 Å². The largest absolute Gasteiger partial charge is 0.495 e. The van der Waals surface area contributed by atoms with Crippen molar-refractivity contribution in [2.75, 3.05) is 107 Å². The minimum atomic E-state index is -0.152. The van der Waals surface area contributed by atoms with E-state index < -0.39 is 0 Å². The zero-order valence-corrected chi connectivity index (χ0v) is 40.2. The second kappa shape index (κ2) is 22.8. The molecule has 3 fully saturated rings. The second-order valence-electron chi connectivity index (χ2n) is 17.9. The SMILES string of the molecule is COc1ccc(NC(=O)c2ccc(-c3ccc(-c4noc(C)n4)cc3C)cc2)cc1N1CCN(C)CC1.COc1ccccc1N1CCN(CCN(C(=O)C2CCCCC2)c2ccccn2)CC1. The molecule has 0 atom stereocenters. The van der Waals surface area contributed by atoms with E-state index in [1.54, 1.807) is 27.3 Å². The Morgan fingerprint density at radius 1 is 0.735 bits per heavy atom. The zero-order valence-electron chi connectivity index (χ0n) is 40.2. The number of hydrogen-bond donors (Lipinski definition) is 1. The summed E-state index contributed by atoms with van der Waals surface area (Å²) >= 11 is 0. The molecule has 68 heavy (non-hydrogen) atoms. The Morgan fingerprint density at radius 2 is 1.41 bits per heavy atom. The lowest BCUT2D eigenvalue weighted by Gasteiger charge is -2.37. The van der Waals surface area contributed by atoms with Crippen LogP contribution in [0, 0.1) is 19.8 Å². The van der Waals surface area contributed by atoms with Gasteiger partial charge < -0.3 is 34.0 Å². The van der Waals surface area contributed by atoms with Gasteiger partial charge in [-0.3, -0.25) is 19.4 Å². The molecule has 0 unspecified atom stereocenters. The maximum atomic E-state index is 13.3. The topological polar surface area (TPSA) is 133 Å². The summed E-state index contributed by atoms with van der Waals surface area (Å²) in [4.78, 5) is 46.5. The quantitative estimate of drug-likeness (QED) is 0.119. The maximum absolute atomic E-state index is 13.3. The summed E-state index contributed by atoms with van der Waals surface area (Å²) in [6.07, 6.45) is 7.39. The zero-order chi connectivity index (χ0) is 47.4. The van der Waals surface area contributed by atoms with Crippen LogP contribution in [0.2, 0.25) is 0 Å². The van der Waals surface area contributed by atoms with Crippen LogP contribution in [0.1, 0.15) is 53.9 Å². The molecule has 356 valence electrons. The van der Waals surface area contributed by atoms with Gasteiger partial charge in [0.05, 0.1) is 25.6 Å². The number of para-hydroxylation sites is 2. The maximum Gasteiger partial charge on any atom is 0.255 e. The molecule has 0 bridgehead atoms. The first-order valence-electron chi connectivity index (χ1n) is 23.9. The number of methoxy groups -OCH3 is 2. The normalized spacial score (nSPS) is 15.8. The second-order valence-corrected chi connectivity index (χ2v) is 17.9. The van der Waals surface area contributed by atoms with Gasteiger partial charge in [0.2, 0.25) is 17.6 Å². The van der Waals surface area contributed by atoms with Crippen molar-refractivity contribution in [1.82, 2.24) is 24.9 Å². The van der Waals surface area contributed by atoms with E-state index in [4.69, 9.17) is 14.0 Å². The number of nitrogens with zero attached hydrogens (tertiary/aromatic N) is 8. The number of aromatic nitrogens is 3. The third kappa shape index (κ3) is 11.8. The molecule has 2 amide bonds. The van der Waals surface area contributed by atoms with E-state index >= 15 is 0 Å². The first-order chi connectivity index (χ1) is 33.2. The van der Waals surface area contributed by atoms with Crippen LogP contribution >= 0.6 is 0 Å². The van der Waals surface area contributed by atoms with E-state index in [-0.39, 0.29) is 17.7 Å². The van der Waals surface area contributed by atoms with Crippen LogP contribution in [0.4, 0.5) is 22.9 Å². The van der Waals surface area contributed by atoms with Gasteiger partial charge in [-0.05, 0) is 104 Å². The molecule has 4 aromatic carbocycles. The van der Waals surface area contributed by atoms with Crippen LogP contribution in [0.15, 0.2) is 114 Å². The number of anilines is 4. The first-order valence-corrected chi connectivity index (χ1v) is 23.9. The highest BCUT2D eigenvalue weighted by atomic mass is 16.5. The average molecular weight is 920 g/mol. The molecule has 14 heteroatoms. The van der Waals surface area contributed by atoms with Crippen LogP contribution in [-0.4, -0.2) is 123 Å². The van der Waals surface area contributed by atoms with Gasteiger partial charge in [-0.15, -0.1) is 0 Å². The third-order valence-electron chi connectivity index (χ3n) is 13.3. The van der Waals surface area contributed by atoms with E-state index in [0.29, 0.717) is 23.8 Å². The van der Waals surface area contributed by atoms with Crippen molar-refractivity contribution in [3.8, 4) is 34.0 Å². The lowest BCUT2D eigenvalue weighted by molar-refractivity contribution is -0.123. The number of pyridine rings is 1. The Morgan fingerprint density at radius 3 is 2.09 bits per heavy atom. The molecular weight excluding hydrogens is 855 g/mol. The molecule has 1 N–H and O–H groups in total. The molecule has 9 rings (SSSR count). The molecule has 6 aromatic rings. The number of rotatable bonds is 13. The number of carbonyl (C=O) groups is 2. The fraction of sp³-hybridized carbons (Fsp3) is 0.389. The number of hydrogen-bond acceptors (Lipinski definition) is 12. The van der Waals surface area contributed by atoms with Crippen LogP contribution in [-0.2, 0) is 4.79 Å². The van der Waals surface area contributed by atoms with Gasteiger partial charge in [0, 0.05) is 101 Å². The lowest BCUT2D eigenvalue weighted by Crippen LogP contribution is -2.50. The van der Waals surface area contributed by atoms with Crippen molar-refractivity contribution < 1.29 is 23.6 Å². The van der Waals surface area contributed by atoms with Crippen LogP contribution in [0.5, 0.6) is 11.5 Å². The molecule has 1 aliphatic carbocycles. The molecule has 4 heterocycles. The van der Waals surface area contributed by atoms with Crippen LogP contribution < -0.4 is 29.5 Å². The number of amides is 2. The molecule has 2 saturated heterocycles. The number of carbonyl (C=O) groups excluding carboxylic acids is 2. The van der Waals surface area contributed by atoms with Crippen LogP contribution in [0.3, 0.4) is 0 Å². The van der Waals surface area contributed by atoms with Gasteiger partial charge in [0.25, 0.3) is 5.91 Å². The summed E-state index contributed by atoms with van der Waals surface area (Å²) in [6.45, 7) is 13.1. The highest BCUT2D eigenvalue weighted by molar-refractivity contribution is 6.05. The molecule has 14 nitrogen and oxygen atoms in total. The molecule has 0 spiro atoms. The monoisotopic (exact) mass is 920 g/mol. The summed E-state index contributed by atoms with van der Waals surface area (Å²) in [6, 6.07) is 33.5. The van der Waals surface area contributed by atoms with Crippen LogP contribution in [0.25, 0.3) is 22.5 Å². The molecule has 1 saturated carbocycles. The fourth-order valence-electron chi connectivity index (χ4n) is 9.38. The highest BCUT2D eigenvalue weighted by Gasteiger charge is 2.29. The van der Waals surface area contributed by atoms with E-state index in [1.807, 2.05) is 103 Å². The number of piperazine rings is 2. The number of nitrogens with one attached hydrogen (secondary N) is 1. The highest BCUT2D eigenvalue weighted by Crippen LogP contribution is 2.34. The number of benzene rings is 4. The van der Waals surface area contributed by atoms with Gasteiger partial charge in [0.1, 0.15) is 17.3 Å². The number of likely N-dealkylation sites (N-methyl/N-ethyl adjacent to an activating group) is 1. The summed E-state index contributed by atoms with van der Waals surface area (Å²) < 4.78 is 16.2. The molecule has 2 aromatic heterocycles. The van der Waals surface area contributed by atoms with Crippen molar-refractivity contribution >= 4 is 34.7 Å². The fourth-order valence-corrected chi connectivity index (χ4v) is 9.38. The molecule has 0 radical (unpaired) electrons. The Kier molecular flexibility index (Phi) is 16.0. The Hall–Kier alpha value is -6.77. The number of ether oxygens (including phenoxy) is 2. The minimum absolute atomic E-state index is 0.151. The molecule has 2 aliphatic heterocycles. The van der Waals surface area contributed by atoms with Gasteiger partial charge in [0.15, 0.2) is 0 Å². The van der Waals surface area contributed by atoms with Crippen molar-refractivity contribution in [3.05, 3.63) is 126 Å². The Labute approximate surface area is 400 Å². The van der Waals surface area contributed by atoms with Gasteiger partial charge >= 0.3 is 0 Å². The molecular formula is C54H65N9O5. The lowest BCUT2D eigenvalue weighted by atomic mass is 9.88. The number of aryl methyl sites for hydroxylation is 2. The first kappa shape index (κ1) is 47.7. The van der Waals surface area contributed by atoms with Crippen molar-refractivity contribution in [1.29, 1.82) is 0 Å². The Bertz CT molecular complexity index is 2580. The van der Waals surface area contributed by atoms with E-state index in [0.717, 1.165) is 141 Å². The van der Waals surface area contributed by atoms with Crippen molar-refractivity contribution in [3.63, 3.8) is 0 Å². The van der Waals surface area contributed by atoms with E-state index in [1.165, 1.54) is 6.42 Å².